The average molecular weight is 431 g/mol. The van der Waals surface area contributed by atoms with E-state index in [4.69, 9.17) is 0 Å². The quantitative estimate of drug-likeness (QED) is 0.754. The van der Waals surface area contributed by atoms with Gasteiger partial charge in [0.25, 0.3) is 0 Å². The Labute approximate surface area is 184 Å². The van der Waals surface area contributed by atoms with Gasteiger partial charge < -0.3 is 15.5 Å². The van der Waals surface area contributed by atoms with E-state index >= 15 is 0 Å². The van der Waals surface area contributed by atoms with Crippen LogP contribution in [0.3, 0.4) is 0 Å². The van der Waals surface area contributed by atoms with Gasteiger partial charge in [0.2, 0.25) is 11.8 Å². The van der Waals surface area contributed by atoms with Gasteiger partial charge in [0.05, 0.1) is 0 Å². The normalized spacial score (nSPS) is 26.3. The van der Waals surface area contributed by atoms with Crippen molar-refractivity contribution in [2.75, 3.05) is 38.0 Å². The van der Waals surface area contributed by atoms with Gasteiger partial charge in [0.15, 0.2) is 0 Å². The molecule has 7 heteroatoms. The smallest absolute Gasteiger partial charge is 0.242 e. The molecule has 1 saturated heterocycles. The third-order valence-electron chi connectivity index (χ3n) is 7.31. The lowest BCUT2D eigenvalue weighted by Gasteiger charge is -2.42. The molecule has 2 unspecified atom stereocenters. The van der Waals surface area contributed by atoms with Crippen molar-refractivity contribution < 1.29 is 14.0 Å². The summed E-state index contributed by atoms with van der Waals surface area (Å²) in [5.74, 6) is 0.449. The lowest BCUT2D eigenvalue weighted by molar-refractivity contribution is -0.133. The number of carbonyl (C=O) groups excluding carboxylic acids is 2. The lowest BCUT2D eigenvalue weighted by atomic mass is 9.84. The summed E-state index contributed by atoms with van der Waals surface area (Å²) in [6.45, 7) is 8.09. The summed E-state index contributed by atoms with van der Waals surface area (Å²) >= 11 is 0. The van der Waals surface area contributed by atoms with Crippen molar-refractivity contribution in [2.45, 2.75) is 64.5 Å². The maximum absolute atomic E-state index is 14.1. The highest BCUT2D eigenvalue weighted by Gasteiger charge is 2.32. The van der Waals surface area contributed by atoms with E-state index in [0.29, 0.717) is 36.9 Å². The van der Waals surface area contributed by atoms with Crippen LogP contribution in [0.1, 0.15) is 50.2 Å². The minimum absolute atomic E-state index is 0.0381. The first-order valence-electron chi connectivity index (χ1n) is 11.8. The summed E-state index contributed by atoms with van der Waals surface area (Å²) in [6, 6.07) is 3.38. The van der Waals surface area contributed by atoms with E-state index < -0.39 is 6.04 Å². The van der Waals surface area contributed by atoms with Crippen molar-refractivity contribution in [1.29, 1.82) is 0 Å². The summed E-state index contributed by atoms with van der Waals surface area (Å²) in [5.41, 5.74) is 2.37. The lowest BCUT2D eigenvalue weighted by Crippen LogP contribution is -2.53. The fourth-order valence-corrected chi connectivity index (χ4v) is 5.44. The summed E-state index contributed by atoms with van der Waals surface area (Å²) in [5, 5.41) is 6.34. The van der Waals surface area contributed by atoms with E-state index in [0.717, 1.165) is 50.3 Å². The number of amides is 2. The van der Waals surface area contributed by atoms with Crippen molar-refractivity contribution in [3.63, 3.8) is 0 Å². The van der Waals surface area contributed by atoms with E-state index in [1.54, 1.807) is 6.07 Å². The molecule has 1 aromatic carbocycles. The number of aryl methyl sites for hydroxylation is 1. The first kappa shape index (κ1) is 22.1. The highest BCUT2D eigenvalue weighted by molar-refractivity contribution is 5.88. The summed E-state index contributed by atoms with van der Waals surface area (Å²) in [4.78, 5) is 29.2. The van der Waals surface area contributed by atoms with Gasteiger partial charge in [-0.05, 0) is 43.7 Å². The molecule has 2 heterocycles. The van der Waals surface area contributed by atoms with Gasteiger partial charge in [0.1, 0.15) is 11.9 Å². The highest BCUT2D eigenvalue weighted by Crippen LogP contribution is 2.32. The topological polar surface area (TPSA) is 64.7 Å². The van der Waals surface area contributed by atoms with Gasteiger partial charge in [-0.15, -0.1) is 0 Å². The molecule has 3 atom stereocenters. The molecule has 3 aliphatic rings. The fraction of sp³-hybridized carbons (Fsp3) is 0.667. The zero-order valence-corrected chi connectivity index (χ0v) is 18.8. The van der Waals surface area contributed by atoms with Gasteiger partial charge in [-0.2, -0.15) is 0 Å². The first-order valence-corrected chi connectivity index (χ1v) is 11.8. The van der Waals surface area contributed by atoms with E-state index in [1.807, 2.05) is 18.7 Å². The molecule has 0 spiro atoms. The third-order valence-corrected chi connectivity index (χ3v) is 7.31. The Balaban J connectivity index is 1.24. The van der Waals surface area contributed by atoms with Crippen LogP contribution in [-0.4, -0.2) is 66.4 Å². The number of halogens is 1. The number of rotatable bonds is 5. The maximum Gasteiger partial charge on any atom is 0.242 e. The second-order valence-electron chi connectivity index (χ2n) is 9.32. The highest BCUT2D eigenvalue weighted by atomic mass is 19.1. The monoisotopic (exact) mass is 430 g/mol. The molecular weight excluding hydrogens is 395 g/mol. The molecule has 2 amide bonds. The molecular formula is C24H35FN4O2. The molecule has 0 bridgehead atoms. The summed E-state index contributed by atoms with van der Waals surface area (Å²) in [6.07, 6.45) is 5.59. The third kappa shape index (κ3) is 4.86. The van der Waals surface area contributed by atoms with Crippen molar-refractivity contribution in [1.82, 2.24) is 15.1 Å². The minimum Gasteiger partial charge on any atom is -0.373 e. The Morgan fingerprint density at radius 2 is 1.97 bits per heavy atom. The van der Waals surface area contributed by atoms with Gasteiger partial charge in [0, 0.05) is 62.9 Å². The number of nitrogens with one attached hydrogen (secondary N) is 2. The average Bonchev–Trinajstić information content (AvgIpc) is 3.27. The second kappa shape index (κ2) is 9.55. The molecule has 170 valence electrons. The van der Waals surface area contributed by atoms with Crippen LogP contribution in [0.25, 0.3) is 0 Å². The SMILES string of the molecule is CCC(=O)N1CCN(C2CCC[C@@H](CNC(=O)C3Cc4c(F)ccc(C)c4N3)C2)CC1. The van der Waals surface area contributed by atoms with Crippen molar-refractivity contribution in [2.24, 2.45) is 5.92 Å². The molecule has 1 saturated carbocycles. The molecule has 2 fully saturated rings. The van der Waals surface area contributed by atoms with Crippen LogP contribution in [0.2, 0.25) is 0 Å². The van der Waals surface area contributed by atoms with Crippen LogP contribution in [0.15, 0.2) is 12.1 Å². The Hall–Kier alpha value is -2.15. The Kier molecular flexibility index (Phi) is 6.80. The molecule has 2 N–H and O–H groups in total. The van der Waals surface area contributed by atoms with Crippen LogP contribution in [-0.2, 0) is 16.0 Å². The summed E-state index contributed by atoms with van der Waals surface area (Å²) < 4.78 is 14.1. The van der Waals surface area contributed by atoms with Gasteiger partial charge >= 0.3 is 0 Å². The first-order chi connectivity index (χ1) is 15.0. The van der Waals surface area contributed by atoms with Gasteiger partial charge in [-0.3, -0.25) is 14.5 Å². The van der Waals surface area contributed by atoms with E-state index in [-0.39, 0.29) is 17.6 Å². The van der Waals surface area contributed by atoms with Crippen LogP contribution in [0.4, 0.5) is 10.1 Å². The van der Waals surface area contributed by atoms with E-state index in [2.05, 4.69) is 15.5 Å². The Morgan fingerprint density at radius 1 is 1.19 bits per heavy atom. The standard InChI is InChI=1S/C24H35FN4O2/c1-3-22(30)29-11-9-28(10-12-29)18-6-4-5-17(13-18)15-26-24(31)21-14-19-20(25)8-7-16(2)23(19)27-21/h7-8,17-18,21,27H,3-6,9-15H2,1-2H3,(H,26,31)/t17-,18?,21?/m1/s1. The number of benzene rings is 1. The largest absolute Gasteiger partial charge is 0.373 e. The number of hydrogen-bond acceptors (Lipinski definition) is 4. The molecule has 31 heavy (non-hydrogen) atoms. The zero-order valence-electron chi connectivity index (χ0n) is 18.8. The molecule has 0 radical (unpaired) electrons. The predicted octanol–water partition coefficient (Wildman–Crippen LogP) is 2.70. The van der Waals surface area contributed by atoms with Crippen LogP contribution in [0.5, 0.6) is 0 Å². The molecule has 2 aliphatic heterocycles. The number of fused-ring (bicyclic) bond motifs is 1. The summed E-state index contributed by atoms with van der Waals surface area (Å²) in [7, 11) is 0. The maximum atomic E-state index is 14.1. The second-order valence-corrected chi connectivity index (χ2v) is 9.32. The Bertz CT molecular complexity index is 791. The molecule has 0 aromatic heterocycles. The minimum atomic E-state index is -0.394. The molecule has 1 aromatic rings. The molecule has 4 rings (SSSR count). The molecule has 6 nitrogen and oxygen atoms in total. The van der Waals surface area contributed by atoms with E-state index in [1.165, 1.54) is 18.9 Å². The van der Waals surface area contributed by atoms with Crippen LogP contribution in [0, 0.1) is 18.7 Å². The van der Waals surface area contributed by atoms with Crippen LogP contribution < -0.4 is 10.6 Å². The number of nitrogens with zero attached hydrogens (tertiary/aromatic N) is 2. The predicted molar refractivity (Wildman–Crippen MR) is 119 cm³/mol. The van der Waals surface area contributed by atoms with E-state index in [9.17, 15) is 14.0 Å². The van der Waals surface area contributed by atoms with Gasteiger partial charge in [-0.1, -0.05) is 19.4 Å². The van der Waals surface area contributed by atoms with Crippen molar-refractivity contribution in [3.05, 3.63) is 29.1 Å². The van der Waals surface area contributed by atoms with Crippen molar-refractivity contribution in [3.8, 4) is 0 Å². The number of carbonyl (C=O) groups is 2. The number of piperazine rings is 1. The number of hydrogen-bond donors (Lipinski definition) is 2. The zero-order chi connectivity index (χ0) is 22.0. The Morgan fingerprint density at radius 3 is 2.68 bits per heavy atom. The molecule has 1 aliphatic carbocycles. The fourth-order valence-electron chi connectivity index (χ4n) is 5.44. The van der Waals surface area contributed by atoms with Gasteiger partial charge in [-0.25, -0.2) is 4.39 Å². The van der Waals surface area contributed by atoms with Crippen molar-refractivity contribution >= 4 is 17.5 Å². The number of anilines is 1. The van der Waals surface area contributed by atoms with Crippen LogP contribution >= 0.6 is 0 Å².